The quantitative estimate of drug-likeness (QED) is 0.676. The highest BCUT2D eigenvalue weighted by atomic mass is 16.5. The first-order valence-electron chi connectivity index (χ1n) is 11.4. The lowest BCUT2D eigenvalue weighted by Crippen LogP contribution is -2.41. The summed E-state index contributed by atoms with van der Waals surface area (Å²) in [7, 11) is 0. The minimum atomic E-state index is 0.711. The molecule has 3 aliphatic heterocycles. The van der Waals surface area contributed by atoms with Crippen molar-refractivity contribution in [2.45, 2.75) is 19.3 Å². The number of rotatable bonds is 6. The highest BCUT2D eigenvalue weighted by Crippen LogP contribution is 2.27. The monoisotopic (exact) mass is 415 g/mol. The summed E-state index contributed by atoms with van der Waals surface area (Å²) in [6, 6.07) is 16.8. The Hall–Kier alpha value is -2.81. The third-order valence-electron chi connectivity index (χ3n) is 6.53. The highest BCUT2D eigenvalue weighted by molar-refractivity contribution is 5.72. The van der Waals surface area contributed by atoms with Crippen molar-refractivity contribution >= 4 is 11.3 Å². The third-order valence-corrected chi connectivity index (χ3v) is 6.53. The molecular weight excluding hydrogens is 386 g/mol. The summed E-state index contributed by atoms with van der Waals surface area (Å²) in [5.74, 6) is 0.951. The summed E-state index contributed by atoms with van der Waals surface area (Å²) in [6.45, 7) is 7.55. The van der Waals surface area contributed by atoms with Crippen molar-refractivity contribution in [1.82, 2.24) is 9.80 Å². The van der Waals surface area contributed by atoms with Crippen LogP contribution in [-0.2, 0) is 4.74 Å². The average Bonchev–Trinajstić information content (AvgIpc) is 3.31. The van der Waals surface area contributed by atoms with Crippen molar-refractivity contribution in [3.05, 3.63) is 64.0 Å². The first-order chi connectivity index (χ1) is 15.3. The smallest absolute Gasteiger partial charge is 0.119 e. The Labute approximate surface area is 183 Å². The van der Waals surface area contributed by atoms with E-state index in [0.717, 1.165) is 76.7 Å². The predicted molar refractivity (Wildman–Crippen MR) is 121 cm³/mol. The Kier molecular flexibility index (Phi) is 5.93. The van der Waals surface area contributed by atoms with Gasteiger partial charge < -0.3 is 14.4 Å². The second kappa shape index (κ2) is 9.13. The molecule has 5 nitrogen and oxygen atoms in total. The molecule has 0 radical (unpaired) electrons. The van der Waals surface area contributed by atoms with Crippen LogP contribution in [0.15, 0.2) is 42.5 Å². The SMILES string of the molecule is N#Cc1cccc(C2=c3ccc(OCCCN4CCOCC4)cc3=C3CCCN3C2)c1. The Balaban J connectivity index is 1.40. The van der Waals surface area contributed by atoms with E-state index in [-0.39, 0.29) is 0 Å². The Bertz CT molecular complexity index is 1110. The molecule has 2 saturated heterocycles. The zero-order chi connectivity index (χ0) is 21.0. The molecule has 160 valence electrons. The number of ether oxygens (including phenoxy) is 2. The molecule has 3 aliphatic rings. The normalized spacial score (nSPS) is 18.5. The van der Waals surface area contributed by atoms with Gasteiger partial charge in [0.25, 0.3) is 0 Å². The van der Waals surface area contributed by atoms with Gasteiger partial charge in [0, 0.05) is 43.6 Å². The third kappa shape index (κ3) is 4.32. The zero-order valence-electron chi connectivity index (χ0n) is 18.0. The van der Waals surface area contributed by atoms with E-state index in [0.29, 0.717) is 5.56 Å². The number of fused-ring (bicyclic) bond motifs is 2. The van der Waals surface area contributed by atoms with Crippen molar-refractivity contribution in [2.75, 3.05) is 52.5 Å². The van der Waals surface area contributed by atoms with Crippen molar-refractivity contribution < 1.29 is 9.47 Å². The number of nitrogens with zero attached hydrogens (tertiary/aromatic N) is 3. The minimum Gasteiger partial charge on any atom is -0.494 e. The Morgan fingerprint density at radius 3 is 2.81 bits per heavy atom. The lowest BCUT2D eigenvalue weighted by atomic mass is 9.96. The van der Waals surface area contributed by atoms with Gasteiger partial charge in [-0.1, -0.05) is 18.2 Å². The van der Waals surface area contributed by atoms with E-state index in [2.05, 4.69) is 40.1 Å². The fourth-order valence-corrected chi connectivity index (χ4v) is 4.93. The van der Waals surface area contributed by atoms with E-state index in [1.807, 2.05) is 18.2 Å². The fraction of sp³-hybridized carbons (Fsp3) is 0.423. The summed E-state index contributed by atoms with van der Waals surface area (Å²) in [5, 5.41) is 11.9. The van der Waals surface area contributed by atoms with Crippen LogP contribution in [-0.4, -0.2) is 62.3 Å². The fourth-order valence-electron chi connectivity index (χ4n) is 4.93. The zero-order valence-corrected chi connectivity index (χ0v) is 18.0. The number of benzene rings is 2. The van der Waals surface area contributed by atoms with Gasteiger partial charge in [-0.25, -0.2) is 0 Å². The van der Waals surface area contributed by atoms with Crippen LogP contribution in [0.5, 0.6) is 5.75 Å². The summed E-state index contributed by atoms with van der Waals surface area (Å²) >= 11 is 0. The second-order valence-corrected chi connectivity index (χ2v) is 8.51. The van der Waals surface area contributed by atoms with Gasteiger partial charge in [0.15, 0.2) is 0 Å². The Morgan fingerprint density at radius 2 is 1.94 bits per heavy atom. The van der Waals surface area contributed by atoms with Crippen molar-refractivity contribution in [3.8, 4) is 11.8 Å². The molecule has 5 rings (SSSR count). The van der Waals surface area contributed by atoms with Crippen molar-refractivity contribution in [2.24, 2.45) is 0 Å². The predicted octanol–water partition coefficient (Wildman–Crippen LogP) is 2.08. The molecule has 3 heterocycles. The van der Waals surface area contributed by atoms with Crippen LogP contribution in [0.4, 0.5) is 0 Å². The number of nitriles is 1. The van der Waals surface area contributed by atoms with E-state index in [9.17, 15) is 5.26 Å². The number of hydrogen-bond acceptors (Lipinski definition) is 5. The van der Waals surface area contributed by atoms with Gasteiger partial charge in [-0.3, -0.25) is 4.90 Å². The van der Waals surface area contributed by atoms with E-state index in [4.69, 9.17) is 9.47 Å². The summed E-state index contributed by atoms with van der Waals surface area (Å²) in [6.07, 6.45) is 3.35. The van der Waals surface area contributed by atoms with Gasteiger partial charge in [-0.15, -0.1) is 0 Å². The first kappa shape index (κ1) is 20.1. The van der Waals surface area contributed by atoms with Gasteiger partial charge >= 0.3 is 0 Å². The summed E-state index contributed by atoms with van der Waals surface area (Å²) in [4.78, 5) is 4.95. The number of morpholine rings is 1. The molecule has 2 aromatic rings. The van der Waals surface area contributed by atoms with E-state index < -0.39 is 0 Å². The molecule has 2 fully saturated rings. The maximum Gasteiger partial charge on any atom is 0.119 e. The topological polar surface area (TPSA) is 48.7 Å². The lowest BCUT2D eigenvalue weighted by molar-refractivity contribution is 0.0358. The van der Waals surface area contributed by atoms with Crippen LogP contribution in [0, 0.1) is 11.3 Å². The van der Waals surface area contributed by atoms with Gasteiger partial charge in [0.2, 0.25) is 0 Å². The van der Waals surface area contributed by atoms with E-state index >= 15 is 0 Å². The molecule has 0 unspecified atom stereocenters. The lowest BCUT2D eigenvalue weighted by Gasteiger charge is -2.27. The van der Waals surface area contributed by atoms with Gasteiger partial charge in [-0.2, -0.15) is 5.26 Å². The first-order valence-corrected chi connectivity index (χ1v) is 11.4. The van der Waals surface area contributed by atoms with Crippen LogP contribution >= 0.6 is 0 Å². The van der Waals surface area contributed by atoms with Crippen LogP contribution in [0.1, 0.15) is 30.4 Å². The molecule has 0 aromatic heterocycles. The molecule has 0 spiro atoms. The molecule has 0 atom stereocenters. The van der Waals surface area contributed by atoms with Gasteiger partial charge in [0.05, 0.1) is 31.5 Å². The summed E-state index contributed by atoms with van der Waals surface area (Å²) in [5.41, 5.74) is 4.60. The largest absolute Gasteiger partial charge is 0.494 e. The molecule has 2 aromatic carbocycles. The van der Waals surface area contributed by atoms with E-state index in [1.165, 1.54) is 28.1 Å². The molecular formula is C26H29N3O2. The van der Waals surface area contributed by atoms with Crippen molar-refractivity contribution in [3.63, 3.8) is 0 Å². The van der Waals surface area contributed by atoms with Crippen molar-refractivity contribution in [1.29, 1.82) is 5.26 Å². The van der Waals surface area contributed by atoms with E-state index in [1.54, 1.807) is 0 Å². The van der Waals surface area contributed by atoms with Gasteiger partial charge in [0.1, 0.15) is 5.75 Å². The van der Waals surface area contributed by atoms with Crippen LogP contribution < -0.4 is 15.2 Å². The van der Waals surface area contributed by atoms with Crippen LogP contribution in [0.3, 0.4) is 0 Å². The molecule has 5 heteroatoms. The molecule has 31 heavy (non-hydrogen) atoms. The summed E-state index contributed by atoms with van der Waals surface area (Å²) < 4.78 is 11.6. The Morgan fingerprint density at radius 1 is 1.03 bits per heavy atom. The molecule has 0 N–H and O–H groups in total. The molecule has 0 saturated carbocycles. The minimum absolute atomic E-state index is 0.711. The van der Waals surface area contributed by atoms with Crippen LogP contribution in [0.25, 0.3) is 11.3 Å². The highest BCUT2D eigenvalue weighted by Gasteiger charge is 2.24. The van der Waals surface area contributed by atoms with Gasteiger partial charge in [-0.05, 0) is 59.9 Å². The second-order valence-electron chi connectivity index (χ2n) is 8.51. The molecule has 0 amide bonds. The molecule has 0 aliphatic carbocycles. The molecule has 0 bridgehead atoms. The number of hydrogen-bond donors (Lipinski definition) is 0. The maximum atomic E-state index is 9.33. The standard InChI is InChI=1S/C26H29N3O2/c27-18-20-4-1-5-21(16-20)25-19-29-10-2-6-26(29)24-17-22(7-8-23(24)25)31-13-3-9-28-11-14-30-15-12-28/h1,4-5,7-8,16-17H,2-3,6,9-15,19H2. The average molecular weight is 416 g/mol. The maximum absolute atomic E-state index is 9.33. The van der Waals surface area contributed by atoms with Crippen LogP contribution in [0.2, 0.25) is 0 Å².